The third-order valence-electron chi connectivity index (χ3n) is 3.29. The second-order valence-electron chi connectivity index (χ2n) is 4.99. The molecule has 0 aromatic heterocycles. The normalized spacial score (nSPS) is 9.91. The molecular formula is C19H19NO3. The lowest BCUT2D eigenvalue weighted by molar-refractivity contribution is 0.0988. The van der Waals surface area contributed by atoms with Gasteiger partial charge in [0.05, 0.1) is 24.8 Å². The van der Waals surface area contributed by atoms with Gasteiger partial charge in [0.15, 0.2) is 5.78 Å². The van der Waals surface area contributed by atoms with Gasteiger partial charge in [0.2, 0.25) is 0 Å². The van der Waals surface area contributed by atoms with E-state index in [1.807, 2.05) is 13.0 Å². The van der Waals surface area contributed by atoms with E-state index in [2.05, 4.69) is 6.07 Å². The first-order chi connectivity index (χ1) is 11.2. The molecule has 2 aromatic rings. The molecule has 0 saturated heterocycles. The second-order valence-corrected chi connectivity index (χ2v) is 4.99. The number of ether oxygens (including phenoxy) is 2. The summed E-state index contributed by atoms with van der Waals surface area (Å²) in [4.78, 5) is 11.5. The van der Waals surface area contributed by atoms with Crippen molar-refractivity contribution in [3.8, 4) is 17.6 Å². The average Bonchev–Trinajstić information content (AvgIpc) is 2.61. The summed E-state index contributed by atoms with van der Waals surface area (Å²) in [6, 6.07) is 16.3. The highest BCUT2D eigenvalue weighted by Gasteiger charge is 2.03. The Hall–Kier alpha value is -2.80. The number of ketones is 1. The zero-order chi connectivity index (χ0) is 16.5. The molecule has 0 aliphatic carbocycles. The number of benzene rings is 2. The summed E-state index contributed by atoms with van der Waals surface area (Å²) < 4.78 is 11.2. The quantitative estimate of drug-likeness (QED) is 0.546. The van der Waals surface area contributed by atoms with E-state index in [1.165, 1.54) is 0 Å². The minimum Gasteiger partial charge on any atom is -0.493 e. The molecule has 0 spiro atoms. The Morgan fingerprint density at radius 1 is 1.04 bits per heavy atom. The van der Waals surface area contributed by atoms with Crippen LogP contribution in [0.25, 0.3) is 0 Å². The molecular weight excluding hydrogens is 290 g/mol. The lowest BCUT2D eigenvalue weighted by Crippen LogP contribution is -2.05. The molecule has 4 heteroatoms. The van der Waals surface area contributed by atoms with Crippen LogP contribution in [0.4, 0.5) is 0 Å². The van der Waals surface area contributed by atoms with Gasteiger partial charge in [-0.1, -0.05) is 13.0 Å². The number of hydrogen-bond donors (Lipinski definition) is 0. The standard InChI is InChI=1S/C19H19NO3/c1-2-19(21)16-7-9-17(10-8-16)22-11-4-12-23-18-6-3-5-15(13-18)14-20/h3,5-10,13H,2,4,11-12H2,1H3. The van der Waals surface area contributed by atoms with Crippen LogP contribution in [-0.2, 0) is 0 Å². The Kier molecular flexibility index (Phi) is 6.19. The Labute approximate surface area is 136 Å². The molecule has 2 rings (SSSR count). The summed E-state index contributed by atoms with van der Waals surface area (Å²) in [6.07, 6.45) is 1.23. The summed E-state index contributed by atoms with van der Waals surface area (Å²) in [6.45, 7) is 2.89. The van der Waals surface area contributed by atoms with Gasteiger partial charge in [-0.2, -0.15) is 5.26 Å². The van der Waals surface area contributed by atoms with E-state index in [4.69, 9.17) is 14.7 Å². The van der Waals surface area contributed by atoms with Gasteiger partial charge in [-0.3, -0.25) is 4.79 Å². The molecule has 0 heterocycles. The summed E-state index contributed by atoms with van der Waals surface area (Å²) in [7, 11) is 0. The summed E-state index contributed by atoms with van der Waals surface area (Å²) in [5, 5.41) is 8.82. The number of carbonyl (C=O) groups excluding carboxylic acids is 1. The van der Waals surface area contributed by atoms with Gasteiger partial charge in [0.1, 0.15) is 11.5 Å². The first-order valence-corrected chi connectivity index (χ1v) is 7.62. The van der Waals surface area contributed by atoms with Crippen LogP contribution in [0.2, 0.25) is 0 Å². The molecule has 0 amide bonds. The molecule has 4 nitrogen and oxygen atoms in total. The molecule has 0 unspecified atom stereocenters. The fraction of sp³-hybridized carbons (Fsp3) is 0.263. The maximum atomic E-state index is 11.5. The van der Waals surface area contributed by atoms with Crippen molar-refractivity contribution in [2.24, 2.45) is 0 Å². The fourth-order valence-electron chi connectivity index (χ4n) is 2.04. The smallest absolute Gasteiger partial charge is 0.162 e. The average molecular weight is 309 g/mol. The van der Waals surface area contributed by atoms with Crippen molar-refractivity contribution in [2.75, 3.05) is 13.2 Å². The zero-order valence-corrected chi connectivity index (χ0v) is 13.1. The van der Waals surface area contributed by atoms with Gasteiger partial charge in [-0.25, -0.2) is 0 Å². The monoisotopic (exact) mass is 309 g/mol. The third-order valence-corrected chi connectivity index (χ3v) is 3.29. The van der Waals surface area contributed by atoms with Crippen LogP contribution >= 0.6 is 0 Å². The van der Waals surface area contributed by atoms with E-state index in [0.29, 0.717) is 36.5 Å². The Morgan fingerprint density at radius 2 is 1.74 bits per heavy atom. The van der Waals surface area contributed by atoms with Gasteiger partial charge in [0.25, 0.3) is 0 Å². The topological polar surface area (TPSA) is 59.3 Å². The number of nitrogens with zero attached hydrogens (tertiary/aromatic N) is 1. The Balaban J connectivity index is 1.71. The molecule has 0 aliphatic rings. The molecule has 0 atom stereocenters. The van der Waals surface area contributed by atoms with Gasteiger partial charge in [0, 0.05) is 18.4 Å². The van der Waals surface area contributed by atoms with Crippen molar-refractivity contribution in [1.82, 2.24) is 0 Å². The lowest BCUT2D eigenvalue weighted by atomic mass is 10.1. The van der Waals surface area contributed by atoms with E-state index in [0.717, 1.165) is 12.2 Å². The highest BCUT2D eigenvalue weighted by Crippen LogP contribution is 2.15. The maximum Gasteiger partial charge on any atom is 0.162 e. The molecule has 0 saturated carbocycles. The van der Waals surface area contributed by atoms with Gasteiger partial charge in [-0.15, -0.1) is 0 Å². The minimum atomic E-state index is 0.129. The molecule has 0 fully saturated rings. The number of carbonyl (C=O) groups is 1. The van der Waals surface area contributed by atoms with Crippen LogP contribution < -0.4 is 9.47 Å². The summed E-state index contributed by atoms with van der Waals surface area (Å²) in [5.74, 6) is 1.56. The largest absolute Gasteiger partial charge is 0.493 e. The van der Waals surface area contributed by atoms with Crippen molar-refractivity contribution in [3.63, 3.8) is 0 Å². The summed E-state index contributed by atoms with van der Waals surface area (Å²) in [5.41, 5.74) is 1.29. The molecule has 2 aromatic carbocycles. The van der Waals surface area contributed by atoms with Crippen molar-refractivity contribution in [3.05, 3.63) is 59.7 Å². The summed E-state index contributed by atoms with van der Waals surface area (Å²) >= 11 is 0. The van der Waals surface area contributed by atoms with Crippen molar-refractivity contribution in [1.29, 1.82) is 5.26 Å². The van der Waals surface area contributed by atoms with E-state index in [9.17, 15) is 4.79 Å². The number of Topliss-reactive ketones (excluding diaryl/α,β-unsaturated/α-hetero) is 1. The number of nitriles is 1. The van der Waals surface area contributed by atoms with E-state index in [-0.39, 0.29) is 5.78 Å². The molecule has 23 heavy (non-hydrogen) atoms. The van der Waals surface area contributed by atoms with Gasteiger partial charge >= 0.3 is 0 Å². The Morgan fingerprint density at radius 3 is 2.39 bits per heavy atom. The maximum absolute atomic E-state index is 11.5. The SMILES string of the molecule is CCC(=O)c1ccc(OCCCOc2cccc(C#N)c2)cc1. The van der Waals surface area contributed by atoms with Crippen LogP contribution in [-0.4, -0.2) is 19.0 Å². The predicted octanol–water partition coefficient (Wildman–Crippen LogP) is 4.00. The van der Waals surface area contributed by atoms with E-state index >= 15 is 0 Å². The fourth-order valence-corrected chi connectivity index (χ4v) is 2.04. The van der Waals surface area contributed by atoms with Gasteiger partial charge < -0.3 is 9.47 Å². The van der Waals surface area contributed by atoms with Crippen molar-refractivity contribution < 1.29 is 14.3 Å². The van der Waals surface area contributed by atoms with Crippen LogP contribution in [0.1, 0.15) is 35.7 Å². The first kappa shape index (κ1) is 16.6. The van der Waals surface area contributed by atoms with E-state index in [1.54, 1.807) is 42.5 Å². The van der Waals surface area contributed by atoms with Crippen molar-refractivity contribution in [2.45, 2.75) is 19.8 Å². The molecule has 0 bridgehead atoms. The number of rotatable bonds is 8. The van der Waals surface area contributed by atoms with Gasteiger partial charge in [-0.05, 0) is 42.5 Å². The van der Waals surface area contributed by atoms with Crippen LogP contribution in [0.3, 0.4) is 0 Å². The predicted molar refractivity (Wildman–Crippen MR) is 87.8 cm³/mol. The lowest BCUT2D eigenvalue weighted by Gasteiger charge is -2.08. The van der Waals surface area contributed by atoms with Crippen molar-refractivity contribution >= 4 is 5.78 Å². The first-order valence-electron chi connectivity index (χ1n) is 7.62. The molecule has 0 radical (unpaired) electrons. The molecule has 0 aliphatic heterocycles. The Bertz CT molecular complexity index is 687. The van der Waals surface area contributed by atoms with E-state index < -0.39 is 0 Å². The highest BCUT2D eigenvalue weighted by molar-refractivity contribution is 5.95. The molecule has 0 N–H and O–H groups in total. The molecule has 118 valence electrons. The van der Waals surface area contributed by atoms with Crippen LogP contribution in [0, 0.1) is 11.3 Å². The van der Waals surface area contributed by atoms with Crippen LogP contribution in [0.15, 0.2) is 48.5 Å². The number of hydrogen-bond acceptors (Lipinski definition) is 4. The third kappa shape index (κ3) is 5.15. The minimum absolute atomic E-state index is 0.129. The highest BCUT2D eigenvalue weighted by atomic mass is 16.5. The zero-order valence-electron chi connectivity index (χ0n) is 13.1. The van der Waals surface area contributed by atoms with Crippen LogP contribution in [0.5, 0.6) is 11.5 Å². The second kappa shape index (κ2) is 8.60.